The Hall–Kier alpha value is -1.86. The molecule has 0 unspecified atom stereocenters. The third-order valence-electron chi connectivity index (χ3n) is 2.90. The zero-order valence-electron chi connectivity index (χ0n) is 10.9. The quantitative estimate of drug-likeness (QED) is 0.806. The van der Waals surface area contributed by atoms with E-state index in [1.165, 1.54) is 18.2 Å². The molecule has 0 aliphatic carbocycles. The van der Waals surface area contributed by atoms with Crippen molar-refractivity contribution >= 4 is 37.4 Å². The molecule has 21 heavy (non-hydrogen) atoms. The number of hydrogen-bond acceptors (Lipinski definition) is 4. The summed E-state index contributed by atoms with van der Waals surface area (Å²) in [6, 6.07) is 10.8. The predicted octanol–water partition coefficient (Wildman–Crippen LogP) is 2.10. The maximum Gasteiger partial charge on any atom is 0.248 e. The lowest BCUT2D eigenvalue weighted by Gasteiger charge is -2.08. The van der Waals surface area contributed by atoms with Crippen LogP contribution in [-0.4, -0.2) is 14.3 Å². The highest BCUT2D eigenvalue weighted by atomic mass is 79.9. The number of benzene rings is 2. The summed E-state index contributed by atoms with van der Waals surface area (Å²) in [6.45, 7) is 0. The molecule has 0 atom stereocenters. The van der Waals surface area contributed by atoms with Crippen molar-refractivity contribution in [2.45, 2.75) is 10.6 Å². The fourth-order valence-corrected chi connectivity index (χ4v) is 3.72. The molecule has 4 N–H and O–H groups in total. The fourth-order valence-electron chi connectivity index (χ4n) is 1.86. The number of sulfone groups is 1. The van der Waals surface area contributed by atoms with Gasteiger partial charge in [0, 0.05) is 10.0 Å². The van der Waals surface area contributed by atoms with E-state index in [1.54, 1.807) is 24.3 Å². The van der Waals surface area contributed by atoms with Gasteiger partial charge in [-0.15, -0.1) is 0 Å². The van der Waals surface area contributed by atoms with Crippen LogP contribution in [-0.2, 0) is 15.6 Å². The summed E-state index contributed by atoms with van der Waals surface area (Å²) in [5.74, 6) is -0.751. The summed E-state index contributed by atoms with van der Waals surface area (Å²) in [5.41, 5.74) is 12.0. The Kier molecular flexibility index (Phi) is 4.34. The molecule has 0 bridgehead atoms. The van der Waals surface area contributed by atoms with Crippen LogP contribution in [0.3, 0.4) is 0 Å². The molecule has 0 aliphatic rings. The maximum absolute atomic E-state index is 12.4. The van der Waals surface area contributed by atoms with Crippen molar-refractivity contribution in [1.29, 1.82) is 0 Å². The standard InChI is InChI=1S/C14H13BrN2O3S/c15-11-5-6-13(12(16)7-11)21(19,20)8-9-1-3-10(4-2-9)14(17)18/h1-7H,8,16H2,(H2,17,18). The van der Waals surface area contributed by atoms with Crippen LogP contribution >= 0.6 is 15.9 Å². The molecule has 0 radical (unpaired) electrons. The fraction of sp³-hybridized carbons (Fsp3) is 0.0714. The Morgan fingerprint density at radius 2 is 1.71 bits per heavy atom. The summed E-state index contributed by atoms with van der Waals surface area (Å²) in [6.07, 6.45) is 0. The summed E-state index contributed by atoms with van der Waals surface area (Å²) in [4.78, 5) is 11.1. The first-order valence-corrected chi connectivity index (χ1v) is 8.40. The lowest BCUT2D eigenvalue weighted by Crippen LogP contribution is -2.11. The Labute approximate surface area is 131 Å². The van der Waals surface area contributed by atoms with Crippen LogP contribution in [0.5, 0.6) is 0 Å². The van der Waals surface area contributed by atoms with Crippen molar-refractivity contribution in [3.05, 3.63) is 58.1 Å². The SMILES string of the molecule is NC(=O)c1ccc(CS(=O)(=O)c2ccc(Br)cc2N)cc1. The molecule has 2 aromatic carbocycles. The highest BCUT2D eigenvalue weighted by molar-refractivity contribution is 9.10. The highest BCUT2D eigenvalue weighted by Crippen LogP contribution is 2.25. The van der Waals surface area contributed by atoms with Gasteiger partial charge in [-0.05, 0) is 35.9 Å². The summed E-state index contributed by atoms with van der Waals surface area (Å²) >= 11 is 3.23. The Balaban J connectivity index is 2.30. The monoisotopic (exact) mass is 368 g/mol. The third kappa shape index (κ3) is 3.62. The molecule has 1 amide bonds. The van der Waals surface area contributed by atoms with Crippen molar-refractivity contribution < 1.29 is 13.2 Å². The van der Waals surface area contributed by atoms with Gasteiger partial charge in [-0.25, -0.2) is 8.42 Å². The molecule has 5 nitrogen and oxygen atoms in total. The molecule has 0 heterocycles. The van der Waals surface area contributed by atoms with E-state index in [0.717, 1.165) is 0 Å². The van der Waals surface area contributed by atoms with Crippen LogP contribution in [0.1, 0.15) is 15.9 Å². The lowest BCUT2D eigenvalue weighted by atomic mass is 10.1. The molecule has 2 aromatic rings. The summed E-state index contributed by atoms with van der Waals surface area (Å²) in [5, 5.41) is 0. The number of primary amides is 1. The minimum atomic E-state index is -3.56. The topological polar surface area (TPSA) is 103 Å². The average molecular weight is 369 g/mol. The molecule has 7 heteroatoms. The summed E-state index contributed by atoms with van der Waals surface area (Å²) in [7, 11) is -3.56. The lowest BCUT2D eigenvalue weighted by molar-refractivity contribution is 0.100. The minimum Gasteiger partial charge on any atom is -0.398 e. The second-order valence-corrected chi connectivity index (χ2v) is 7.38. The molecular formula is C14H13BrN2O3S. The number of amides is 1. The van der Waals surface area contributed by atoms with Gasteiger partial charge in [0.15, 0.2) is 9.84 Å². The van der Waals surface area contributed by atoms with Crippen molar-refractivity contribution in [2.75, 3.05) is 5.73 Å². The first-order valence-electron chi connectivity index (χ1n) is 5.96. The average Bonchev–Trinajstić information content (AvgIpc) is 2.38. The number of carbonyl (C=O) groups is 1. The van der Waals surface area contributed by atoms with Crippen molar-refractivity contribution in [2.24, 2.45) is 5.73 Å². The molecule has 0 fully saturated rings. The van der Waals surface area contributed by atoms with Gasteiger partial charge in [0.1, 0.15) is 0 Å². The van der Waals surface area contributed by atoms with E-state index in [1.807, 2.05) is 0 Å². The Morgan fingerprint density at radius 1 is 1.10 bits per heavy atom. The Bertz CT molecular complexity index is 786. The minimum absolute atomic E-state index is 0.0877. The zero-order chi connectivity index (χ0) is 15.6. The normalized spacial score (nSPS) is 11.3. The molecule has 0 spiro atoms. The van der Waals surface area contributed by atoms with E-state index in [2.05, 4.69) is 15.9 Å². The number of anilines is 1. The zero-order valence-corrected chi connectivity index (χ0v) is 13.3. The van der Waals surface area contributed by atoms with Gasteiger partial charge in [0.25, 0.3) is 0 Å². The Morgan fingerprint density at radius 3 is 2.24 bits per heavy atom. The van der Waals surface area contributed by atoms with E-state index in [0.29, 0.717) is 15.6 Å². The van der Waals surface area contributed by atoms with Gasteiger partial charge in [0.05, 0.1) is 16.3 Å². The first kappa shape index (κ1) is 15.5. The van der Waals surface area contributed by atoms with E-state index in [4.69, 9.17) is 11.5 Å². The van der Waals surface area contributed by atoms with E-state index in [9.17, 15) is 13.2 Å². The molecule has 0 saturated heterocycles. The van der Waals surface area contributed by atoms with Crippen molar-refractivity contribution in [3.63, 3.8) is 0 Å². The van der Waals surface area contributed by atoms with Gasteiger partial charge in [-0.3, -0.25) is 4.79 Å². The van der Waals surface area contributed by atoms with Crippen LogP contribution in [0.25, 0.3) is 0 Å². The maximum atomic E-state index is 12.4. The molecule has 0 aliphatic heterocycles. The van der Waals surface area contributed by atoms with E-state index < -0.39 is 15.7 Å². The van der Waals surface area contributed by atoms with Crippen molar-refractivity contribution in [3.8, 4) is 0 Å². The van der Waals surface area contributed by atoms with Gasteiger partial charge < -0.3 is 11.5 Å². The molecular weight excluding hydrogens is 356 g/mol. The van der Waals surface area contributed by atoms with Crippen LogP contribution in [0, 0.1) is 0 Å². The van der Waals surface area contributed by atoms with Crippen LogP contribution < -0.4 is 11.5 Å². The predicted molar refractivity (Wildman–Crippen MR) is 84.4 cm³/mol. The van der Waals surface area contributed by atoms with Gasteiger partial charge in [-0.1, -0.05) is 28.1 Å². The smallest absolute Gasteiger partial charge is 0.248 e. The number of carbonyl (C=O) groups excluding carboxylic acids is 1. The second-order valence-electron chi connectivity index (χ2n) is 4.50. The summed E-state index contributed by atoms with van der Waals surface area (Å²) < 4.78 is 25.4. The van der Waals surface area contributed by atoms with Gasteiger partial charge in [-0.2, -0.15) is 0 Å². The molecule has 0 saturated carbocycles. The number of nitrogen functional groups attached to an aromatic ring is 1. The number of hydrogen-bond donors (Lipinski definition) is 2. The highest BCUT2D eigenvalue weighted by Gasteiger charge is 2.18. The number of nitrogens with two attached hydrogens (primary N) is 2. The first-order chi connectivity index (χ1) is 9.79. The molecule has 2 rings (SSSR count). The van der Waals surface area contributed by atoms with Crippen LogP contribution in [0.15, 0.2) is 51.8 Å². The number of halogens is 1. The van der Waals surface area contributed by atoms with Gasteiger partial charge >= 0.3 is 0 Å². The van der Waals surface area contributed by atoms with Gasteiger partial charge in [0.2, 0.25) is 5.91 Å². The van der Waals surface area contributed by atoms with E-state index >= 15 is 0 Å². The van der Waals surface area contributed by atoms with Crippen LogP contribution in [0.4, 0.5) is 5.69 Å². The number of rotatable bonds is 4. The largest absolute Gasteiger partial charge is 0.398 e. The van der Waals surface area contributed by atoms with E-state index in [-0.39, 0.29) is 16.3 Å². The molecule has 110 valence electrons. The second kappa shape index (κ2) is 5.87. The molecule has 0 aromatic heterocycles. The van der Waals surface area contributed by atoms with Crippen molar-refractivity contribution in [1.82, 2.24) is 0 Å². The third-order valence-corrected chi connectivity index (χ3v) is 5.15. The van der Waals surface area contributed by atoms with Crippen LogP contribution in [0.2, 0.25) is 0 Å².